The van der Waals surface area contributed by atoms with Crippen molar-refractivity contribution in [1.29, 1.82) is 0 Å². The van der Waals surface area contributed by atoms with Crippen LogP contribution in [0.15, 0.2) is 160 Å². The molecule has 0 saturated heterocycles. The molecule has 0 aliphatic heterocycles. The summed E-state index contributed by atoms with van der Waals surface area (Å²) in [5.74, 6) is 0. The molecular weight excluding hydrogens is 526 g/mol. The van der Waals surface area contributed by atoms with Gasteiger partial charge in [-0.1, -0.05) is 78.9 Å². The highest BCUT2D eigenvalue weighted by Crippen LogP contribution is 2.40. The lowest BCUT2D eigenvalue weighted by Crippen LogP contribution is -2.09. The quantitative estimate of drug-likeness (QED) is 0.218. The van der Waals surface area contributed by atoms with Crippen LogP contribution < -0.4 is 4.90 Å². The van der Waals surface area contributed by atoms with Crippen LogP contribution >= 0.6 is 0 Å². The molecule has 43 heavy (non-hydrogen) atoms. The van der Waals surface area contributed by atoms with Gasteiger partial charge in [0.1, 0.15) is 22.3 Å². The first kappa shape index (κ1) is 23.9. The van der Waals surface area contributed by atoms with Crippen LogP contribution in [-0.2, 0) is 0 Å². The predicted octanol–water partition coefficient (Wildman–Crippen LogP) is 11.8. The molecule has 0 saturated carbocycles. The third kappa shape index (κ3) is 3.90. The summed E-state index contributed by atoms with van der Waals surface area (Å²) in [5.41, 5.74) is 9.12. The lowest BCUT2D eigenvalue weighted by molar-refractivity contribution is 0.669. The molecule has 0 fully saturated rings. The molecule has 0 radical (unpaired) electrons. The normalized spacial score (nSPS) is 11.7. The van der Waals surface area contributed by atoms with Crippen LogP contribution in [0.2, 0.25) is 0 Å². The molecule has 0 bridgehead atoms. The third-order valence-corrected chi connectivity index (χ3v) is 8.43. The Bertz CT molecular complexity index is 2450. The number of fused-ring (bicyclic) bond motifs is 7. The molecule has 9 rings (SSSR count). The zero-order valence-electron chi connectivity index (χ0n) is 23.2. The average molecular weight is 552 g/mol. The molecule has 0 spiro atoms. The van der Waals surface area contributed by atoms with E-state index >= 15 is 0 Å². The van der Waals surface area contributed by atoms with E-state index in [0.29, 0.717) is 0 Å². The van der Waals surface area contributed by atoms with Crippen molar-refractivity contribution in [2.45, 2.75) is 0 Å². The highest BCUT2D eigenvalue weighted by molar-refractivity contribution is 6.11. The highest BCUT2D eigenvalue weighted by atomic mass is 16.3. The molecule has 3 nitrogen and oxygen atoms in total. The third-order valence-electron chi connectivity index (χ3n) is 8.43. The molecule has 0 atom stereocenters. The number of nitrogens with zero attached hydrogens (tertiary/aromatic N) is 1. The monoisotopic (exact) mass is 551 g/mol. The molecular formula is C40H25NO2. The number of hydrogen-bond acceptors (Lipinski definition) is 3. The van der Waals surface area contributed by atoms with Crippen molar-refractivity contribution in [3.63, 3.8) is 0 Å². The second kappa shape index (κ2) is 9.37. The molecule has 0 unspecified atom stereocenters. The first-order valence-electron chi connectivity index (χ1n) is 14.5. The van der Waals surface area contributed by atoms with Crippen LogP contribution in [0.5, 0.6) is 0 Å². The molecule has 202 valence electrons. The molecule has 0 aliphatic rings. The summed E-state index contributed by atoms with van der Waals surface area (Å²) in [4.78, 5) is 2.27. The van der Waals surface area contributed by atoms with Gasteiger partial charge in [0, 0.05) is 44.7 Å². The second-order valence-corrected chi connectivity index (χ2v) is 11.0. The van der Waals surface area contributed by atoms with E-state index in [0.717, 1.165) is 72.1 Å². The van der Waals surface area contributed by atoms with Gasteiger partial charge in [-0.05, 0) is 88.6 Å². The van der Waals surface area contributed by atoms with Gasteiger partial charge in [0.15, 0.2) is 0 Å². The number of hydrogen-bond donors (Lipinski definition) is 0. The number of anilines is 3. The topological polar surface area (TPSA) is 29.5 Å². The van der Waals surface area contributed by atoms with Crippen molar-refractivity contribution in [1.82, 2.24) is 0 Å². The Morgan fingerprint density at radius 1 is 0.326 bits per heavy atom. The minimum Gasteiger partial charge on any atom is -0.456 e. The molecule has 0 amide bonds. The Kier molecular flexibility index (Phi) is 5.20. The minimum absolute atomic E-state index is 0.879. The molecule has 3 heteroatoms. The van der Waals surface area contributed by atoms with Crippen LogP contribution in [-0.4, -0.2) is 0 Å². The summed E-state index contributed by atoms with van der Waals surface area (Å²) in [7, 11) is 0. The Balaban J connectivity index is 1.13. The van der Waals surface area contributed by atoms with E-state index in [-0.39, 0.29) is 0 Å². The fraction of sp³-hybridized carbons (Fsp3) is 0. The summed E-state index contributed by atoms with van der Waals surface area (Å²) in [6, 6.07) is 53.2. The summed E-state index contributed by atoms with van der Waals surface area (Å²) >= 11 is 0. The van der Waals surface area contributed by atoms with Crippen LogP contribution in [0.3, 0.4) is 0 Å². The van der Waals surface area contributed by atoms with E-state index in [1.165, 1.54) is 10.8 Å². The van der Waals surface area contributed by atoms with E-state index in [9.17, 15) is 0 Å². The summed E-state index contributed by atoms with van der Waals surface area (Å²) in [6.45, 7) is 0. The Hall–Kier alpha value is -5.80. The Morgan fingerprint density at radius 2 is 0.907 bits per heavy atom. The van der Waals surface area contributed by atoms with E-state index in [1.54, 1.807) is 0 Å². The van der Waals surface area contributed by atoms with Crippen molar-refractivity contribution < 1.29 is 8.83 Å². The number of benzene rings is 7. The van der Waals surface area contributed by atoms with E-state index in [2.05, 4.69) is 138 Å². The minimum atomic E-state index is 0.879. The first-order chi connectivity index (χ1) is 21.3. The van der Waals surface area contributed by atoms with E-state index in [4.69, 9.17) is 8.83 Å². The maximum atomic E-state index is 6.24. The lowest BCUT2D eigenvalue weighted by atomic mass is 10.0. The first-order valence-corrected chi connectivity index (χ1v) is 14.5. The maximum absolute atomic E-state index is 6.24. The van der Waals surface area contributed by atoms with Crippen LogP contribution in [0.25, 0.3) is 65.8 Å². The van der Waals surface area contributed by atoms with Crippen molar-refractivity contribution >= 4 is 71.7 Å². The van der Waals surface area contributed by atoms with Crippen LogP contribution in [0, 0.1) is 0 Å². The SMILES string of the molecule is c1ccc(N(c2ccc(-c3ccc4oc5cc6ccccc6cc5c4c3)cc2)c2ccc3c(c2)oc2ccccc23)cc1. The summed E-state index contributed by atoms with van der Waals surface area (Å²) < 4.78 is 12.5. The van der Waals surface area contributed by atoms with Crippen molar-refractivity contribution in [2.75, 3.05) is 4.90 Å². The largest absolute Gasteiger partial charge is 0.456 e. The number of furan rings is 2. The molecule has 9 aromatic rings. The molecule has 2 heterocycles. The fourth-order valence-electron chi connectivity index (χ4n) is 6.32. The predicted molar refractivity (Wildman–Crippen MR) is 179 cm³/mol. The van der Waals surface area contributed by atoms with Crippen molar-refractivity contribution in [3.05, 3.63) is 152 Å². The molecule has 0 aliphatic carbocycles. The zero-order chi connectivity index (χ0) is 28.3. The van der Waals surface area contributed by atoms with Gasteiger partial charge in [-0.3, -0.25) is 0 Å². The van der Waals surface area contributed by atoms with Gasteiger partial charge in [0.2, 0.25) is 0 Å². The van der Waals surface area contributed by atoms with Crippen molar-refractivity contribution in [2.24, 2.45) is 0 Å². The number of rotatable bonds is 4. The van der Waals surface area contributed by atoms with E-state index in [1.807, 2.05) is 18.2 Å². The van der Waals surface area contributed by atoms with Gasteiger partial charge in [0.25, 0.3) is 0 Å². The van der Waals surface area contributed by atoms with Gasteiger partial charge in [0.05, 0.1) is 0 Å². The highest BCUT2D eigenvalue weighted by Gasteiger charge is 2.16. The number of para-hydroxylation sites is 2. The smallest absolute Gasteiger partial charge is 0.137 e. The van der Waals surface area contributed by atoms with Crippen LogP contribution in [0.4, 0.5) is 17.1 Å². The van der Waals surface area contributed by atoms with Crippen LogP contribution in [0.1, 0.15) is 0 Å². The van der Waals surface area contributed by atoms with Gasteiger partial charge in [-0.25, -0.2) is 0 Å². The van der Waals surface area contributed by atoms with Gasteiger partial charge < -0.3 is 13.7 Å². The zero-order valence-corrected chi connectivity index (χ0v) is 23.2. The standard InChI is InChI=1S/C40H25NO2/c1-2-10-30(11-3-1)41(32-19-20-34-33-12-6-7-13-37(33)42-40(34)25-32)31-17-14-26(15-18-31)29-16-21-38-35(23-29)36-22-27-8-4-5-9-28(27)24-39(36)43-38/h1-25H. The fourth-order valence-corrected chi connectivity index (χ4v) is 6.32. The Morgan fingerprint density at radius 3 is 1.74 bits per heavy atom. The van der Waals surface area contributed by atoms with E-state index < -0.39 is 0 Å². The Labute approximate surface area is 247 Å². The maximum Gasteiger partial charge on any atom is 0.137 e. The summed E-state index contributed by atoms with van der Waals surface area (Å²) in [5, 5.41) is 6.94. The van der Waals surface area contributed by atoms with Gasteiger partial charge in [-0.15, -0.1) is 0 Å². The lowest BCUT2D eigenvalue weighted by Gasteiger charge is -2.25. The molecule has 2 aromatic heterocycles. The van der Waals surface area contributed by atoms with Gasteiger partial charge in [-0.2, -0.15) is 0 Å². The molecule has 0 N–H and O–H groups in total. The molecule has 7 aromatic carbocycles. The average Bonchev–Trinajstić information content (AvgIpc) is 3.61. The second-order valence-electron chi connectivity index (χ2n) is 11.0. The van der Waals surface area contributed by atoms with Crippen molar-refractivity contribution in [3.8, 4) is 11.1 Å². The van der Waals surface area contributed by atoms with Gasteiger partial charge >= 0.3 is 0 Å². The summed E-state index contributed by atoms with van der Waals surface area (Å²) in [6.07, 6.45) is 0.